The topological polar surface area (TPSA) is 24.9 Å². The van der Waals surface area contributed by atoms with Gasteiger partial charge in [0.15, 0.2) is 0 Å². The van der Waals surface area contributed by atoms with E-state index >= 15 is 0 Å². The standard InChI is InChI=1S/C18H18N2/c1-13-7-9-14(10-8-13)18(19-2)16-11-12-20-17-6-4-3-5-15(16)17/h3-12,18-19H,1-2H3. The van der Waals surface area contributed by atoms with Crippen LogP contribution in [0.15, 0.2) is 60.8 Å². The lowest BCUT2D eigenvalue weighted by atomic mass is 9.95. The minimum absolute atomic E-state index is 0.184. The second-order valence-corrected chi connectivity index (χ2v) is 5.05. The second kappa shape index (κ2) is 5.43. The number of nitrogens with zero attached hydrogens (tertiary/aromatic N) is 1. The molecule has 2 heteroatoms. The zero-order chi connectivity index (χ0) is 13.9. The van der Waals surface area contributed by atoms with Crippen molar-refractivity contribution in [1.82, 2.24) is 10.3 Å². The number of aromatic nitrogens is 1. The van der Waals surface area contributed by atoms with E-state index in [2.05, 4.69) is 65.8 Å². The van der Waals surface area contributed by atoms with Crippen LogP contribution in [-0.2, 0) is 0 Å². The predicted molar refractivity (Wildman–Crippen MR) is 83.8 cm³/mol. The summed E-state index contributed by atoms with van der Waals surface area (Å²) < 4.78 is 0. The van der Waals surface area contributed by atoms with E-state index in [0.717, 1.165) is 5.52 Å². The van der Waals surface area contributed by atoms with Crippen molar-refractivity contribution in [2.24, 2.45) is 0 Å². The molecular formula is C18H18N2. The molecule has 0 saturated carbocycles. The summed E-state index contributed by atoms with van der Waals surface area (Å²) in [6.45, 7) is 2.11. The van der Waals surface area contributed by atoms with Gasteiger partial charge in [-0.1, -0.05) is 48.0 Å². The highest BCUT2D eigenvalue weighted by molar-refractivity contribution is 5.82. The lowest BCUT2D eigenvalue weighted by molar-refractivity contribution is 0.696. The largest absolute Gasteiger partial charge is 0.309 e. The molecule has 2 nitrogen and oxygen atoms in total. The summed E-state index contributed by atoms with van der Waals surface area (Å²) in [6, 6.07) is 19.3. The molecule has 0 amide bonds. The van der Waals surface area contributed by atoms with Gasteiger partial charge in [-0.15, -0.1) is 0 Å². The van der Waals surface area contributed by atoms with E-state index in [9.17, 15) is 0 Å². The molecule has 0 bridgehead atoms. The van der Waals surface area contributed by atoms with Gasteiger partial charge < -0.3 is 5.32 Å². The molecule has 1 heterocycles. The van der Waals surface area contributed by atoms with E-state index < -0.39 is 0 Å². The zero-order valence-electron chi connectivity index (χ0n) is 11.8. The van der Waals surface area contributed by atoms with Crippen molar-refractivity contribution in [3.63, 3.8) is 0 Å². The SMILES string of the molecule is CNC(c1ccc(C)cc1)c1ccnc2ccccc12. The van der Waals surface area contributed by atoms with E-state index in [0.29, 0.717) is 0 Å². The molecule has 0 saturated heterocycles. The molecule has 20 heavy (non-hydrogen) atoms. The van der Waals surface area contributed by atoms with Gasteiger partial charge >= 0.3 is 0 Å². The predicted octanol–water partition coefficient (Wildman–Crippen LogP) is 3.85. The first-order valence-corrected chi connectivity index (χ1v) is 6.87. The van der Waals surface area contributed by atoms with Gasteiger partial charge in [0.1, 0.15) is 0 Å². The Balaban J connectivity index is 2.14. The van der Waals surface area contributed by atoms with Crippen molar-refractivity contribution >= 4 is 10.9 Å². The molecule has 1 unspecified atom stereocenters. The van der Waals surface area contributed by atoms with Crippen LogP contribution < -0.4 is 5.32 Å². The van der Waals surface area contributed by atoms with Crippen LogP contribution in [0.3, 0.4) is 0 Å². The average Bonchev–Trinajstić information content (AvgIpc) is 2.50. The molecule has 100 valence electrons. The molecule has 0 aliphatic rings. The Morgan fingerprint density at radius 1 is 0.950 bits per heavy atom. The van der Waals surface area contributed by atoms with Gasteiger partial charge in [-0.3, -0.25) is 4.98 Å². The summed E-state index contributed by atoms with van der Waals surface area (Å²) >= 11 is 0. The average molecular weight is 262 g/mol. The van der Waals surface area contributed by atoms with E-state index in [1.807, 2.05) is 19.3 Å². The first kappa shape index (κ1) is 12.8. The maximum atomic E-state index is 4.44. The maximum Gasteiger partial charge on any atom is 0.0705 e. The van der Waals surface area contributed by atoms with Gasteiger partial charge in [0.05, 0.1) is 11.6 Å². The van der Waals surface area contributed by atoms with Crippen molar-refractivity contribution in [3.8, 4) is 0 Å². The second-order valence-electron chi connectivity index (χ2n) is 5.05. The quantitative estimate of drug-likeness (QED) is 0.775. The third kappa shape index (κ3) is 2.30. The molecule has 0 aliphatic heterocycles. The molecule has 3 aromatic rings. The number of aryl methyl sites for hydroxylation is 1. The van der Waals surface area contributed by atoms with Gasteiger partial charge in [-0.2, -0.15) is 0 Å². The number of para-hydroxylation sites is 1. The molecule has 0 fully saturated rings. The van der Waals surface area contributed by atoms with Crippen molar-refractivity contribution in [3.05, 3.63) is 77.5 Å². The van der Waals surface area contributed by atoms with Gasteiger partial charge in [-0.25, -0.2) is 0 Å². The van der Waals surface area contributed by atoms with Gasteiger partial charge in [0, 0.05) is 11.6 Å². The van der Waals surface area contributed by atoms with Gasteiger partial charge in [0.25, 0.3) is 0 Å². The van der Waals surface area contributed by atoms with Crippen molar-refractivity contribution in [2.75, 3.05) is 7.05 Å². The molecule has 0 aliphatic carbocycles. The Bertz CT molecular complexity index is 712. The molecule has 1 N–H and O–H groups in total. The van der Waals surface area contributed by atoms with E-state index in [4.69, 9.17) is 0 Å². The van der Waals surface area contributed by atoms with Gasteiger partial charge in [0.2, 0.25) is 0 Å². The number of pyridine rings is 1. The summed E-state index contributed by atoms with van der Waals surface area (Å²) in [5.41, 5.74) is 4.86. The summed E-state index contributed by atoms with van der Waals surface area (Å²) in [7, 11) is 2.00. The van der Waals surface area contributed by atoms with E-state index in [1.165, 1.54) is 22.1 Å². The number of benzene rings is 2. The highest BCUT2D eigenvalue weighted by Crippen LogP contribution is 2.27. The Hall–Kier alpha value is -2.19. The van der Waals surface area contributed by atoms with Crippen LogP contribution in [0.5, 0.6) is 0 Å². The summed E-state index contributed by atoms with van der Waals surface area (Å²) in [5, 5.41) is 4.62. The van der Waals surface area contributed by atoms with Crippen LogP contribution in [0, 0.1) is 6.92 Å². The van der Waals surface area contributed by atoms with Crippen molar-refractivity contribution in [2.45, 2.75) is 13.0 Å². The number of hydrogen-bond acceptors (Lipinski definition) is 2. The van der Waals surface area contributed by atoms with Crippen LogP contribution in [0.2, 0.25) is 0 Å². The Morgan fingerprint density at radius 3 is 2.45 bits per heavy atom. The summed E-state index contributed by atoms with van der Waals surface area (Å²) in [6.07, 6.45) is 1.89. The van der Waals surface area contributed by atoms with Crippen LogP contribution >= 0.6 is 0 Å². The Kier molecular flexibility index (Phi) is 3.48. The molecule has 0 spiro atoms. The van der Waals surface area contributed by atoms with E-state index in [-0.39, 0.29) is 6.04 Å². The first-order chi connectivity index (χ1) is 9.79. The lowest BCUT2D eigenvalue weighted by Crippen LogP contribution is -2.18. The van der Waals surface area contributed by atoms with Crippen molar-refractivity contribution < 1.29 is 0 Å². The fourth-order valence-electron chi connectivity index (χ4n) is 2.63. The number of rotatable bonds is 3. The van der Waals surface area contributed by atoms with Gasteiger partial charge in [-0.05, 0) is 37.2 Å². The Labute approximate surface area is 119 Å². The fraction of sp³-hybridized carbons (Fsp3) is 0.167. The molecule has 1 aromatic heterocycles. The third-order valence-electron chi connectivity index (χ3n) is 3.69. The highest BCUT2D eigenvalue weighted by atomic mass is 14.9. The third-order valence-corrected chi connectivity index (χ3v) is 3.69. The fourth-order valence-corrected chi connectivity index (χ4v) is 2.63. The minimum Gasteiger partial charge on any atom is -0.309 e. The van der Waals surface area contributed by atoms with Crippen LogP contribution in [0.1, 0.15) is 22.7 Å². The summed E-state index contributed by atoms with van der Waals surface area (Å²) in [4.78, 5) is 4.44. The maximum absolute atomic E-state index is 4.44. The van der Waals surface area contributed by atoms with Crippen LogP contribution in [0.25, 0.3) is 10.9 Å². The smallest absolute Gasteiger partial charge is 0.0705 e. The lowest BCUT2D eigenvalue weighted by Gasteiger charge is -2.19. The highest BCUT2D eigenvalue weighted by Gasteiger charge is 2.14. The van der Waals surface area contributed by atoms with Crippen LogP contribution in [-0.4, -0.2) is 12.0 Å². The minimum atomic E-state index is 0.184. The molecule has 3 rings (SSSR count). The number of hydrogen-bond donors (Lipinski definition) is 1. The first-order valence-electron chi connectivity index (χ1n) is 6.87. The normalized spacial score (nSPS) is 12.5. The molecular weight excluding hydrogens is 244 g/mol. The molecule has 2 aromatic carbocycles. The molecule has 0 radical (unpaired) electrons. The monoisotopic (exact) mass is 262 g/mol. The van der Waals surface area contributed by atoms with Crippen molar-refractivity contribution in [1.29, 1.82) is 0 Å². The number of fused-ring (bicyclic) bond motifs is 1. The Morgan fingerprint density at radius 2 is 1.70 bits per heavy atom. The molecule has 1 atom stereocenters. The zero-order valence-corrected chi connectivity index (χ0v) is 11.8. The van der Waals surface area contributed by atoms with Crippen LogP contribution in [0.4, 0.5) is 0 Å². The number of nitrogens with one attached hydrogen (secondary N) is 1. The van der Waals surface area contributed by atoms with E-state index in [1.54, 1.807) is 0 Å². The summed E-state index contributed by atoms with van der Waals surface area (Å²) in [5.74, 6) is 0.